The second-order valence-corrected chi connectivity index (χ2v) is 6.25. The summed E-state index contributed by atoms with van der Waals surface area (Å²) in [6, 6.07) is 12.1. The molecule has 8 nitrogen and oxygen atoms in total. The third-order valence-corrected chi connectivity index (χ3v) is 4.11. The Morgan fingerprint density at radius 2 is 1.71 bits per heavy atom. The second kappa shape index (κ2) is 11.6. The van der Waals surface area contributed by atoms with Gasteiger partial charge in [0.05, 0.1) is 5.69 Å². The lowest BCUT2D eigenvalue weighted by atomic mass is 10.1. The minimum Gasteiger partial charge on any atom is -0.478 e. The van der Waals surface area contributed by atoms with Crippen molar-refractivity contribution in [1.82, 2.24) is 15.1 Å². The molecule has 0 aliphatic carbocycles. The number of hydrogen-bond acceptors (Lipinski definition) is 5. The summed E-state index contributed by atoms with van der Waals surface area (Å²) in [4.78, 5) is 21.6. The number of carboxylic acids is 2. The molecule has 8 heteroatoms. The first-order valence-electron chi connectivity index (χ1n) is 9.14. The maximum atomic E-state index is 9.55. The van der Waals surface area contributed by atoms with E-state index in [4.69, 9.17) is 14.9 Å². The Bertz CT molecular complexity index is 751. The molecule has 1 aliphatic heterocycles. The predicted molar refractivity (Wildman–Crippen MR) is 104 cm³/mol. The minimum absolute atomic E-state index is 0.558. The molecular formula is C20H25N3O5. The predicted octanol–water partition coefficient (Wildman–Crippen LogP) is 2.65. The summed E-state index contributed by atoms with van der Waals surface area (Å²) >= 11 is 0. The lowest BCUT2D eigenvalue weighted by molar-refractivity contribution is -0.134. The molecule has 3 rings (SSSR count). The van der Waals surface area contributed by atoms with Crippen molar-refractivity contribution in [3.05, 3.63) is 48.6 Å². The fourth-order valence-electron chi connectivity index (χ4n) is 2.75. The van der Waals surface area contributed by atoms with Crippen molar-refractivity contribution in [2.45, 2.75) is 19.3 Å². The van der Waals surface area contributed by atoms with Crippen molar-refractivity contribution < 1.29 is 24.5 Å². The highest BCUT2D eigenvalue weighted by molar-refractivity contribution is 5.89. The number of hydrogen-bond donors (Lipinski definition) is 3. The van der Waals surface area contributed by atoms with Crippen molar-refractivity contribution in [3.8, 4) is 17.1 Å². The highest BCUT2D eigenvalue weighted by Gasteiger charge is 2.10. The van der Waals surface area contributed by atoms with Crippen LogP contribution in [0.2, 0.25) is 0 Å². The zero-order chi connectivity index (χ0) is 20.2. The lowest BCUT2D eigenvalue weighted by Crippen LogP contribution is -2.33. The van der Waals surface area contributed by atoms with Crippen LogP contribution in [0.4, 0.5) is 0 Å². The van der Waals surface area contributed by atoms with Gasteiger partial charge in [-0.05, 0) is 31.5 Å². The van der Waals surface area contributed by atoms with Crippen LogP contribution >= 0.6 is 0 Å². The molecule has 1 fully saturated rings. The number of piperidine rings is 1. The first-order chi connectivity index (χ1) is 13.5. The Labute approximate surface area is 163 Å². The number of nitrogens with one attached hydrogen (secondary N) is 1. The molecule has 1 aromatic heterocycles. The number of benzene rings is 1. The molecule has 1 aromatic carbocycles. The van der Waals surface area contributed by atoms with Crippen LogP contribution in [0.15, 0.2) is 48.6 Å². The van der Waals surface area contributed by atoms with Crippen LogP contribution in [-0.4, -0.2) is 63.5 Å². The number of ether oxygens (including phenoxy) is 1. The summed E-state index contributed by atoms with van der Waals surface area (Å²) in [6.45, 7) is 4.12. The maximum absolute atomic E-state index is 9.55. The molecule has 1 aliphatic rings. The van der Waals surface area contributed by atoms with Gasteiger partial charge in [0.25, 0.3) is 0 Å². The van der Waals surface area contributed by atoms with Gasteiger partial charge in [-0.25, -0.2) is 9.59 Å². The van der Waals surface area contributed by atoms with Crippen molar-refractivity contribution in [2.75, 3.05) is 26.2 Å². The van der Waals surface area contributed by atoms with Crippen LogP contribution in [0.1, 0.15) is 19.3 Å². The minimum atomic E-state index is -1.26. The molecule has 2 aromatic rings. The van der Waals surface area contributed by atoms with Crippen molar-refractivity contribution in [2.24, 2.45) is 0 Å². The molecule has 0 spiro atoms. The molecule has 0 atom stereocenters. The van der Waals surface area contributed by atoms with Gasteiger partial charge in [0, 0.05) is 24.8 Å². The highest BCUT2D eigenvalue weighted by Crippen LogP contribution is 2.20. The van der Waals surface area contributed by atoms with Gasteiger partial charge >= 0.3 is 11.9 Å². The Kier molecular flexibility index (Phi) is 8.74. The van der Waals surface area contributed by atoms with Crippen LogP contribution in [-0.2, 0) is 9.59 Å². The molecule has 0 unspecified atom stereocenters. The zero-order valence-corrected chi connectivity index (χ0v) is 15.6. The first kappa shape index (κ1) is 21.2. The number of nitrogens with zero attached hydrogens (tertiary/aromatic N) is 2. The Morgan fingerprint density at radius 3 is 2.32 bits per heavy atom. The number of aliphatic carboxylic acids is 2. The maximum Gasteiger partial charge on any atom is 0.328 e. The van der Waals surface area contributed by atoms with Gasteiger partial charge in [0.1, 0.15) is 6.61 Å². The molecule has 1 saturated heterocycles. The summed E-state index contributed by atoms with van der Waals surface area (Å²) in [5.41, 5.74) is 2.13. The Balaban J connectivity index is 0.000000300. The van der Waals surface area contributed by atoms with Crippen LogP contribution in [0, 0.1) is 0 Å². The first-order valence-corrected chi connectivity index (χ1v) is 9.14. The third-order valence-electron chi connectivity index (χ3n) is 4.11. The van der Waals surface area contributed by atoms with Crippen molar-refractivity contribution in [3.63, 3.8) is 0 Å². The van der Waals surface area contributed by atoms with Gasteiger partial charge in [-0.3, -0.25) is 10.00 Å². The molecular weight excluding hydrogens is 362 g/mol. The van der Waals surface area contributed by atoms with Crippen LogP contribution < -0.4 is 4.74 Å². The topological polar surface area (TPSA) is 116 Å². The number of rotatable bonds is 7. The fourth-order valence-corrected chi connectivity index (χ4v) is 2.75. The monoisotopic (exact) mass is 387 g/mol. The average molecular weight is 387 g/mol. The number of H-pyrrole nitrogens is 1. The van der Waals surface area contributed by atoms with Gasteiger partial charge in [0.15, 0.2) is 0 Å². The standard InChI is InChI=1S/C16H21N3O.C4H4O4/c1-3-7-14(8-4-1)15-13-16(18-17-15)20-12-11-19-9-5-2-6-10-19;5-3(6)1-2-4(7)8/h1,3-4,7-8,13H,2,5-6,9-12H2,(H,17,18);1-2H,(H,5,6)(H,7,8)/b;2-1+. The molecule has 2 heterocycles. The van der Waals surface area contributed by atoms with E-state index >= 15 is 0 Å². The molecule has 3 N–H and O–H groups in total. The van der Waals surface area contributed by atoms with E-state index in [0.717, 1.165) is 17.8 Å². The quantitative estimate of drug-likeness (QED) is 0.626. The number of carboxylic acid groups (broad SMARTS) is 2. The summed E-state index contributed by atoms with van der Waals surface area (Å²) in [6.07, 6.45) is 5.13. The van der Waals surface area contributed by atoms with Crippen molar-refractivity contribution >= 4 is 11.9 Å². The van der Waals surface area contributed by atoms with E-state index in [1.54, 1.807) is 0 Å². The van der Waals surface area contributed by atoms with Gasteiger partial charge in [-0.2, -0.15) is 0 Å². The van der Waals surface area contributed by atoms with Crippen LogP contribution in [0.3, 0.4) is 0 Å². The summed E-state index contributed by atoms with van der Waals surface area (Å²) in [7, 11) is 0. The largest absolute Gasteiger partial charge is 0.478 e. The smallest absolute Gasteiger partial charge is 0.328 e. The summed E-state index contributed by atoms with van der Waals surface area (Å²) < 4.78 is 5.73. The highest BCUT2D eigenvalue weighted by atomic mass is 16.5. The van der Waals surface area contributed by atoms with E-state index in [0.29, 0.717) is 24.6 Å². The number of aromatic nitrogens is 2. The normalized spacial score (nSPS) is 14.3. The molecule has 0 radical (unpaired) electrons. The third kappa shape index (κ3) is 8.05. The van der Waals surface area contributed by atoms with E-state index in [1.165, 1.54) is 32.4 Å². The molecule has 0 saturated carbocycles. The van der Waals surface area contributed by atoms with Crippen molar-refractivity contribution in [1.29, 1.82) is 0 Å². The van der Waals surface area contributed by atoms with Gasteiger partial charge in [0.2, 0.25) is 5.88 Å². The van der Waals surface area contributed by atoms with Crippen LogP contribution in [0.25, 0.3) is 11.3 Å². The van der Waals surface area contributed by atoms with E-state index < -0.39 is 11.9 Å². The van der Waals surface area contributed by atoms with Gasteiger partial charge < -0.3 is 14.9 Å². The van der Waals surface area contributed by atoms with E-state index in [-0.39, 0.29) is 0 Å². The van der Waals surface area contributed by atoms with E-state index in [2.05, 4.69) is 27.2 Å². The second-order valence-electron chi connectivity index (χ2n) is 6.25. The van der Waals surface area contributed by atoms with E-state index in [9.17, 15) is 9.59 Å². The number of likely N-dealkylation sites (tertiary alicyclic amines) is 1. The Hall–Kier alpha value is -3.13. The molecule has 150 valence electrons. The Morgan fingerprint density at radius 1 is 1.07 bits per heavy atom. The molecule has 28 heavy (non-hydrogen) atoms. The lowest BCUT2D eigenvalue weighted by Gasteiger charge is -2.25. The average Bonchev–Trinajstić information content (AvgIpc) is 3.17. The number of aromatic amines is 1. The molecule has 0 bridgehead atoms. The zero-order valence-electron chi connectivity index (χ0n) is 15.6. The molecule has 0 amide bonds. The summed E-state index contributed by atoms with van der Waals surface area (Å²) in [5.74, 6) is -1.83. The number of carbonyl (C=O) groups is 2. The SMILES string of the molecule is O=C(O)/C=C/C(=O)O.c1ccc(-c2cc(OCCN3CCCCC3)n[nH]2)cc1. The summed E-state index contributed by atoms with van der Waals surface area (Å²) in [5, 5.41) is 22.9. The van der Waals surface area contributed by atoms with Crippen LogP contribution in [0.5, 0.6) is 5.88 Å². The van der Waals surface area contributed by atoms with Gasteiger partial charge in [-0.15, -0.1) is 5.10 Å². The van der Waals surface area contributed by atoms with E-state index in [1.807, 2.05) is 24.3 Å². The fraction of sp³-hybridized carbons (Fsp3) is 0.350. The van der Waals surface area contributed by atoms with Gasteiger partial charge in [-0.1, -0.05) is 36.8 Å².